The fraction of sp³-hybridized carbons (Fsp3) is 0.571. The third-order valence-electron chi connectivity index (χ3n) is 3.30. The van der Waals surface area contributed by atoms with Gasteiger partial charge in [-0.1, -0.05) is 44.9 Å². The fourth-order valence-electron chi connectivity index (χ4n) is 2.42. The van der Waals surface area contributed by atoms with Crippen molar-refractivity contribution >= 4 is 5.69 Å². The van der Waals surface area contributed by atoms with Crippen LogP contribution in [0.2, 0.25) is 0 Å². The number of rotatable bonds is 3. The highest BCUT2D eigenvalue weighted by atomic mass is 14.9. The van der Waals surface area contributed by atoms with Crippen molar-refractivity contribution in [2.75, 3.05) is 5.32 Å². The van der Waals surface area contributed by atoms with Crippen LogP contribution in [0.5, 0.6) is 0 Å². The van der Waals surface area contributed by atoms with Crippen LogP contribution >= 0.6 is 0 Å². The number of hydrogen-bond acceptors (Lipinski definition) is 1. The Morgan fingerprint density at radius 1 is 1.13 bits per heavy atom. The average molecular weight is 203 g/mol. The first-order valence-corrected chi connectivity index (χ1v) is 6.13. The first-order valence-electron chi connectivity index (χ1n) is 6.13. The highest BCUT2D eigenvalue weighted by molar-refractivity contribution is 5.53. The topological polar surface area (TPSA) is 12.0 Å². The molecule has 0 heterocycles. The molecular weight excluding hydrogens is 182 g/mol. The standard InChI is InChI=1S/C14H21N/c1-11(2)13-9-5-6-10-14(13)15-12-7-3-4-8-12/h5-6,9-12,15H,3-4,7-8H2,1-2H3. The van der Waals surface area contributed by atoms with Gasteiger partial charge in [0, 0.05) is 11.7 Å². The number of nitrogens with one attached hydrogen (secondary N) is 1. The van der Waals surface area contributed by atoms with Crippen molar-refractivity contribution < 1.29 is 0 Å². The Balaban J connectivity index is 2.12. The zero-order chi connectivity index (χ0) is 10.7. The van der Waals surface area contributed by atoms with E-state index < -0.39 is 0 Å². The van der Waals surface area contributed by atoms with Gasteiger partial charge in [-0.3, -0.25) is 0 Å². The second-order valence-corrected chi connectivity index (χ2v) is 4.87. The summed E-state index contributed by atoms with van der Waals surface area (Å²) in [6.45, 7) is 4.52. The summed E-state index contributed by atoms with van der Waals surface area (Å²) in [6.07, 6.45) is 5.46. The lowest BCUT2D eigenvalue weighted by Gasteiger charge is -2.18. The predicted molar refractivity (Wildman–Crippen MR) is 66.4 cm³/mol. The summed E-state index contributed by atoms with van der Waals surface area (Å²) in [4.78, 5) is 0. The molecular formula is C14H21N. The zero-order valence-corrected chi connectivity index (χ0v) is 9.79. The van der Waals surface area contributed by atoms with Crippen LogP contribution in [0.25, 0.3) is 0 Å². The molecule has 15 heavy (non-hydrogen) atoms. The summed E-state index contributed by atoms with van der Waals surface area (Å²) >= 11 is 0. The molecule has 0 atom stereocenters. The van der Waals surface area contributed by atoms with Crippen LogP contribution in [-0.4, -0.2) is 6.04 Å². The molecule has 0 unspecified atom stereocenters. The highest BCUT2D eigenvalue weighted by Gasteiger charge is 2.16. The predicted octanol–water partition coefficient (Wildman–Crippen LogP) is 4.16. The van der Waals surface area contributed by atoms with Crippen LogP contribution in [0.1, 0.15) is 51.0 Å². The number of para-hydroxylation sites is 1. The van der Waals surface area contributed by atoms with Crippen molar-refractivity contribution in [2.24, 2.45) is 0 Å². The largest absolute Gasteiger partial charge is 0.382 e. The molecule has 1 aromatic carbocycles. The van der Waals surface area contributed by atoms with Crippen LogP contribution in [-0.2, 0) is 0 Å². The van der Waals surface area contributed by atoms with E-state index in [1.807, 2.05) is 0 Å². The van der Waals surface area contributed by atoms with Crippen molar-refractivity contribution in [3.8, 4) is 0 Å². The number of benzene rings is 1. The molecule has 0 saturated heterocycles. The van der Waals surface area contributed by atoms with Gasteiger partial charge in [-0.2, -0.15) is 0 Å². The molecule has 0 spiro atoms. The molecule has 1 saturated carbocycles. The maximum atomic E-state index is 3.69. The van der Waals surface area contributed by atoms with Crippen molar-refractivity contribution in [3.05, 3.63) is 29.8 Å². The lowest BCUT2D eigenvalue weighted by molar-refractivity contribution is 0.749. The van der Waals surface area contributed by atoms with Crippen LogP contribution < -0.4 is 5.32 Å². The molecule has 0 aromatic heterocycles. The highest BCUT2D eigenvalue weighted by Crippen LogP contribution is 2.28. The summed E-state index contributed by atoms with van der Waals surface area (Å²) in [5.41, 5.74) is 2.80. The van der Waals surface area contributed by atoms with Gasteiger partial charge in [0.05, 0.1) is 0 Å². The Morgan fingerprint density at radius 3 is 2.47 bits per heavy atom. The second-order valence-electron chi connectivity index (χ2n) is 4.87. The molecule has 82 valence electrons. The van der Waals surface area contributed by atoms with Crippen LogP contribution in [0.15, 0.2) is 24.3 Å². The molecule has 0 aliphatic heterocycles. The summed E-state index contributed by atoms with van der Waals surface area (Å²) in [5.74, 6) is 0.607. The normalized spacial score (nSPS) is 17.3. The quantitative estimate of drug-likeness (QED) is 0.777. The molecule has 0 bridgehead atoms. The van der Waals surface area contributed by atoms with E-state index in [4.69, 9.17) is 0 Å². The van der Waals surface area contributed by atoms with E-state index in [9.17, 15) is 0 Å². The van der Waals surface area contributed by atoms with Gasteiger partial charge in [0.1, 0.15) is 0 Å². The molecule has 1 nitrogen and oxygen atoms in total. The Bertz CT molecular complexity index is 311. The van der Waals surface area contributed by atoms with Gasteiger partial charge in [-0.05, 0) is 30.4 Å². The zero-order valence-electron chi connectivity index (χ0n) is 9.79. The molecule has 0 radical (unpaired) electrons. The van der Waals surface area contributed by atoms with E-state index in [2.05, 4.69) is 43.4 Å². The molecule has 1 aromatic rings. The van der Waals surface area contributed by atoms with Crippen LogP contribution in [0.4, 0.5) is 5.69 Å². The third kappa shape index (κ3) is 2.53. The van der Waals surface area contributed by atoms with Gasteiger partial charge < -0.3 is 5.32 Å². The molecule has 0 amide bonds. The summed E-state index contributed by atoms with van der Waals surface area (Å²) in [7, 11) is 0. The van der Waals surface area contributed by atoms with Gasteiger partial charge in [0.25, 0.3) is 0 Å². The van der Waals surface area contributed by atoms with Crippen LogP contribution in [0.3, 0.4) is 0 Å². The smallest absolute Gasteiger partial charge is 0.0377 e. The minimum absolute atomic E-state index is 0.607. The number of anilines is 1. The van der Waals surface area contributed by atoms with E-state index in [1.54, 1.807) is 0 Å². The minimum Gasteiger partial charge on any atom is -0.382 e. The summed E-state index contributed by atoms with van der Waals surface area (Å²) in [5, 5.41) is 3.69. The molecule has 1 N–H and O–H groups in total. The summed E-state index contributed by atoms with van der Waals surface area (Å²) < 4.78 is 0. The third-order valence-corrected chi connectivity index (χ3v) is 3.30. The van der Waals surface area contributed by atoms with E-state index in [0.29, 0.717) is 12.0 Å². The molecule has 1 heteroatoms. The first-order chi connectivity index (χ1) is 7.27. The summed E-state index contributed by atoms with van der Waals surface area (Å²) in [6, 6.07) is 9.43. The Kier molecular flexibility index (Phi) is 3.30. The Hall–Kier alpha value is -0.980. The van der Waals surface area contributed by atoms with Crippen molar-refractivity contribution in [1.29, 1.82) is 0 Å². The van der Waals surface area contributed by atoms with Gasteiger partial charge in [0.2, 0.25) is 0 Å². The van der Waals surface area contributed by atoms with Crippen molar-refractivity contribution in [2.45, 2.75) is 51.5 Å². The fourth-order valence-corrected chi connectivity index (χ4v) is 2.42. The maximum absolute atomic E-state index is 3.69. The SMILES string of the molecule is CC(C)c1ccccc1NC1CCCC1. The molecule has 1 aliphatic rings. The monoisotopic (exact) mass is 203 g/mol. The van der Waals surface area contributed by atoms with Gasteiger partial charge >= 0.3 is 0 Å². The maximum Gasteiger partial charge on any atom is 0.0377 e. The lowest BCUT2D eigenvalue weighted by atomic mass is 10.0. The first kappa shape index (κ1) is 10.5. The van der Waals surface area contributed by atoms with Crippen LogP contribution in [0, 0.1) is 0 Å². The van der Waals surface area contributed by atoms with E-state index in [0.717, 1.165) is 0 Å². The minimum atomic E-state index is 0.607. The van der Waals surface area contributed by atoms with E-state index >= 15 is 0 Å². The van der Waals surface area contributed by atoms with Crippen molar-refractivity contribution in [3.63, 3.8) is 0 Å². The van der Waals surface area contributed by atoms with E-state index in [1.165, 1.54) is 36.9 Å². The van der Waals surface area contributed by atoms with Gasteiger partial charge in [-0.15, -0.1) is 0 Å². The molecule has 2 rings (SSSR count). The lowest BCUT2D eigenvalue weighted by Crippen LogP contribution is -2.15. The van der Waals surface area contributed by atoms with Crippen molar-refractivity contribution in [1.82, 2.24) is 0 Å². The van der Waals surface area contributed by atoms with Gasteiger partial charge in [0.15, 0.2) is 0 Å². The average Bonchev–Trinajstić information content (AvgIpc) is 2.71. The second kappa shape index (κ2) is 4.69. The van der Waals surface area contributed by atoms with Gasteiger partial charge in [-0.25, -0.2) is 0 Å². The molecule has 1 fully saturated rings. The van der Waals surface area contributed by atoms with E-state index in [-0.39, 0.29) is 0 Å². The number of hydrogen-bond donors (Lipinski definition) is 1. The Morgan fingerprint density at radius 2 is 1.80 bits per heavy atom. The Labute approximate surface area is 92.9 Å². The molecule has 1 aliphatic carbocycles.